The van der Waals surface area contributed by atoms with E-state index in [9.17, 15) is 4.79 Å². The van der Waals surface area contributed by atoms with E-state index in [-0.39, 0.29) is 5.97 Å². The molecule has 0 amide bonds. The highest BCUT2D eigenvalue weighted by Crippen LogP contribution is 2.21. The van der Waals surface area contributed by atoms with Crippen LogP contribution in [0.3, 0.4) is 0 Å². The fraction of sp³-hybridized carbons (Fsp3) is 0.567. The molecule has 2 rings (SSSR count). The lowest BCUT2D eigenvalue weighted by Crippen LogP contribution is -2.39. The summed E-state index contributed by atoms with van der Waals surface area (Å²) >= 11 is 0. The van der Waals surface area contributed by atoms with Gasteiger partial charge < -0.3 is 14.0 Å². The van der Waals surface area contributed by atoms with Crippen LogP contribution >= 0.6 is 0 Å². The van der Waals surface area contributed by atoms with Gasteiger partial charge in [-0.25, -0.2) is 0 Å². The number of rotatable bonds is 18. The molecule has 4 heteroatoms. The monoisotopic (exact) mass is 468 g/mol. The van der Waals surface area contributed by atoms with Crippen LogP contribution in [0.1, 0.15) is 75.8 Å². The lowest BCUT2D eigenvalue weighted by atomic mass is 10.0. The molecular formula is C30H46NO3+. The van der Waals surface area contributed by atoms with Crippen LogP contribution in [-0.4, -0.2) is 44.3 Å². The predicted octanol–water partition coefficient (Wildman–Crippen LogP) is 6.96. The standard InChI is InChI=1S/C30H46NO3/c1-4-5-6-7-8-12-19-28-20-13-14-21-29(28)33-24-25-34-30(32)22-15-16-23-31(2,3)26-27-17-10-9-11-18-27/h9-11,13-14,17-18,20-21H,4-8,12,15-16,19,22-26H2,1-3H3/q+1. The number of benzene rings is 2. The van der Waals surface area contributed by atoms with Crippen LogP contribution in [0.5, 0.6) is 5.75 Å². The number of nitrogens with zero attached hydrogens (tertiary/aromatic N) is 1. The molecule has 0 unspecified atom stereocenters. The van der Waals surface area contributed by atoms with E-state index in [1.54, 1.807) is 0 Å². The Kier molecular flexibility index (Phi) is 13.4. The number of unbranched alkanes of at least 4 members (excludes halogenated alkanes) is 6. The van der Waals surface area contributed by atoms with E-state index < -0.39 is 0 Å². The topological polar surface area (TPSA) is 35.5 Å². The Labute approximate surface area is 207 Å². The van der Waals surface area contributed by atoms with Gasteiger partial charge in [0, 0.05) is 12.0 Å². The highest BCUT2D eigenvalue weighted by molar-refractivity contribution is 5.69. The van der Waals surface area contributed by atoms with E-state index in [1.807, 2.05) is 12.1 Å². The summed E-state index contributed by atoms with van der Waals surface area (Å²) < 4.78 is 12.3. The summed E-state index contributed by atoms with van der Waals surface area (Å²) in [6.45, 7) is 5.00. The SMILES string of the molecule is CCCCCCCCc1ccccc1OCCOC(=O)CCCC[N+](C)(C)Cc1ccccc1. The van der Waals surface area contributed by atoms with Crippen LogP contribution in [0.2, 0.25) is 0 Å². The molecule has 0 fully saturated rings. The average Bonchev–Trinajstić information content (AvgIpc) is 2.83. The van der Waals surface area contributed by atoms with Crippen molar-refractivity contribution in [2.45, 2.75) is 77.7 Å². The van der Waals surface area contributed by atoms with Gasteiger partial charge in [0.1, 0.15) is 25.5 Å². The summed E-state index contributed by atoms with van der Waals surface area (Å²) in [5, 5.41) is 0. The number of hydrogen-bond acceptors (Lipinski definition) is 3. The number of esters is 1. The molecule has 4 nitrogen and oxygen atoms in total. The number of quaternary nitrogens is 1. The third-order valence-corrected chi connectivity index (χ3v) is 6.22. The third-order valence-electron chi connectivity index (χ3n) is 6.22. The van der Waals surface area contributed by atoms with Crippen molar-refractivity contribution in [3.05, 3.63) is 65.7 Å². The second-order valence-corrected chi connectivity index (χ2v) is 9.95. The normalized spacial score (nSPS) is 11.4. The molecule has 0 bridgehead atoms. The van der Waals surface area contributed by atoms with E-state index in [1.165, 1.54) is 49.7 Å². The molecule has 0 atom stereocenters. The van der Waals surface area contributed by atoms with Crippen LogP contribution in [0.4, 0.5) is 0 Å². The van der Waals surface area contributed by atoms with Crippen LogP contribution in [0.25, 0.3) is 0 Å². The van der Waals surface area contributed by atoms with Gasteiger partial charge in [-0.3, -0.25) is 4.79 Å². The van der Waals surface area contributed by atoms with Gasteiger partial charge >= 0.3 is 5.97 Å². The zero-order chi connectivity index (χ0) is 24.5. The fourth-order valence-corrected chi connectivity index (χ4v) is 4.29. The number of carbonyl (C=O) groups excluding carboxylic acids is 1. The molecule has 0 aliphatic carbocycles. The first kappa shape index (κ1) is 27.9. The summed E-state index contributed by atoms with van der Waals surface area (Å²) in [5.74, 6) is 0.794. The van der Waals surface area contributed by atoms with Crippen LogP contribution in [-0.2, 0) is 22.5 Å². The lowest BCUT2D eigenvalue weighted by molar-refractivity contribution is -0.903. The number of hydrogen-bond donors (Lipinski definition) is 0. The molecule has 0 aliphatic heterocycles. The first-order valence-electron chi connectivity index (χ1n) is 13.2. The summed E-state index contributed by atoms with van der Waals surface area (Å²) in [6.07, 6.45) is 11.1. The van der Waals surface area contributed by atoms with Gasteiger partial charge in [-0.05, 0) is 37.3 Å². The molecule has 34 heavy (non-hydrogen) atoms. The van der Waals surface area contributed by atoms with Crippen molar-refractivity contribution in [2.75, 3.05) is 33.9 Å². The van der Waals surface area contributed by atoms with Gasteiger partial charge in [-0.1, -0.05) is 87.6 Å². The van der Waals surface area contributed by atoms with Crippen molar-refractivity contribution in [3.8, 4) is 5.75 Å². The highest BCUT2D eigenvalue weighted by Gasteiger charge is 2.15. The van der Waals surface area contributed by atoms with Gasteiger partial charge in [-0.2, -0.15) is 0 Å². The summed E-state index contributed by atoms with van der Waals surface area (Å²) in [6, 6.07) is 18.8. The number of carbonyl (C=O) groups is 1. The van der Waals surface area contributed by atoms with Crippen molar-refractivity contribution in [2.24, 2.45) is 0 Å². The smallest absolute Gasteiger partial charge is 0.305 e. The molecule has 2 aromatic carbocycles. The molecule has 2 aromatic rings. The van der Waals surface area contributed by atoms with E-state index in [0.29, 0.717) is 19.6 Å². The summed E-state index contributed by atoms with van der Waals surface area (Å²) in [4.78, 5) is 12.1. The van der Waals surface area contributed by atoms with E-state index in [2.05, 4.69) is 63.5 Å². The van der Waals surface area contributed by atoms with Crippen LogP contribution in [0.15, 0.2) is 54.6 Å². The van der Waals surface area contributed by atoms with Gasteiger partial charge in [-0.15, -0.1) is 0 Å². The van der Waals surface area contributed by atoms with Crippen molar-refractivity contribution in [3.63, 3.8) is 0 Å². The van der Waals surface area contributed by atoms with Crippen molar-refractivity contribution in [1.29, 1.82) is 0 Å². The maximum Gasteiger partial charge on any atom is 0.305 e. The largest absolute Gasteiger partial charge is 0.490 e. The molecule has 0 radical (unpaired) electrons. The first-order chi connectivity index (χ1) is 16.5. The van der Waals surface area contributed by atoms with Crippen molar-refractivity contribution >= 4 is 5.97 Å². The Hall–Kier alpha value is -2.33. The Bertz CT molecular complexity index is 804. The zero-order valence-corrected chi connectivity index (χ0v) is 21.8. The van der Waals surface area contributed by atoms with Crippen LogP contribution in [0, 0.1) is 0 Å². The molecule has 0 saturated carbocycles. The van der Waals surface area contributed by atoms with Gasteiger partial charge in [0.25, 0.3) is 0 Å². The zero-order valence-electron chi connectivity index (χ0n) is 21.8. The minimum Gasteiger partial charge on any atom is -0.490 e. The number of para-hydroxylation sites is 1. The molecule has 0 saturated heterocycles. The average molecular weight is 469 g/mol. The Morgan fingerprint density at radius 1 is 0.794 bits per heavy atom. The second kappa shape index (κ2) is 16.3. The maximum absolute atomic E-state index is 12.1. The van der Waals surface area contributed by atoms with E-state index in [4.69, 9.17) is 9.47 Å². The van der Waals surface area contributed by atoms with Crippen molar-refractivity contribution < 1.29 is 18.8 Å². The van der Waals surface area contributed by atoms with Crippen molar-refractivity contribution in [1.82, 2.24) is 0 Å². The van der Waals surface area contributed by atoms with Gasteiger partial charge in [0.2, 0.25) is 0 Å². The fourth-order valence-electron chi connectivity index (χ4n) is 4.29. The minimum absolute atomic E-state index is 0.127. The van der Waals surface area contributed by atoms with E-state index >= 15 is 0 Å². The second-order valence-electron chi connectivity index (χ2n) is 9.95. The predicted molar refractivity (Wildman–Crippen MR) is 141 cm³/mol. The highest BCUT2D eigenvalue weighted by atomic mass is 16.6. The number of ether oxygens (including phenoxy) is 2. The molecule has 188 valence electrons. The summed E-state index contributed by atoms with van der Waals surface area (Å²) in [5.41, 5.74) is 2.60. The third kappa shape index (κ3) is 12.2. The minimum atomic E-state index is -0.127. The molecule has 0 aliphatic rings. The quantitative estimate of drug-likeness (QED) is 0.135. The number of aryl methyl sites for hydroxylation is 1. The van der Waals surface area contributed by atoms with Gasteiger partial charge in [0.05, 0.1) is 20.6 Å². The maximum atomic E-state index is 12.1. The molecule has 0 N–H and O–H groups in total. The first-order valence-corrected chi connectivity index (χ1v) is 13.2. The van der Waals surface area contributed by atoms with Gasteiger partial charge in [0.15, 0.2) is 0 Å². The Morgan fingerprint density at radius 3 is 2.29 bits per heavy atom. The molecular weight excluding hydrogens is 422 g/mol. The van der Waals surface area contributed by atoms with E-state index in [0.717, 1.165) is 42.6 Å². The Balaban J connectivity index is 1.57. The summed E-state index contributed by atoms with van der Waals surface area (Å²) in [7, 11) is 4.49. The Morgan fingerprint density at radius 2 is 1.50 bits per heavy atom. The molecule has 0 spiro atoms. The molecule has 0 heterocycles. The molecule has 0 aromatic heterocycles. The van der Waals surface area contributed by atoms with Crippen LogP contribution < -0.4 is 4.74 Å². The lowest BCUT2D eigenvalue weighted by Gasteiger charge is -2.30.